The largest absolute Gasteiger partial charge is 0.378 e. The molecule has 0 aliphatic carbocycles. The molecule has 0 rings (SSSR count). The quantitative estimate of drug-likeness (QED) is 0.461. The lowest BCUT2D eigenvalue weighted by atomic mass is 10.1. The van der Waals surface area contributed by atoms with Crippen molar-refractivity contribution in [3.8, 4) is 12.3 Å². The molecule has 0 unspecified atom stereocenters. The van der Waals surface area contributed by atoms with Gasteiger partial charge in [-0.05, 0) is 0 Å². The van der Waals surface area contributed by atoms with Gasteiger partial charge >= 0.3 is 0 Å². The summed E-state index contributed by atoms with van der Waals surface area (Å²) in [5.41, 5.74) is 0. The number of rotatable bonds is 8. The van der Waals surface area contributed by atoms with Crippen LogP contribution in [0.1, 0.15) is 20.3 Å². The molecule has 0 atom stereocenters. The Balaban J connectivity index is 3.35. The summed E-state index contributed by atoms with van der Waals surface area (Å²) in [7, 11) is 0. The van der Waals surface area contributed by atoms with Gasteiger partial charge in [-0.25, -0.2) is 8.78 Å². The van der Waals surface area contributed by atoms with E-state index in [1.807, 2.05) is 0 Å². The summed E-state index contributed by atoms with van der Waals surface area (Å²) >= 11 is 0. The van der Waals surface area contributed by atoms with E-state index in [0.717, 1.165) is 0 Å². The van der Waals surface area contributed by atoms with Gasteiger partial charge in [0.2, 0.25) is 0 Å². The Hall–Kier alpha value is -0.660. The topological polar surface area (TPSA) is 18.5 Å². The molecule has 88 valence electrons. The van der Waals surface area contributed by atoms with E-state index in [1.54, 1.807) is 0 Å². The van der Waals surface area contributed by atoms with Crippen molar-refractivity contribution in [1.29, 1.82) is 0 Å². The Kier molecular flexibility index (Phi) is 7.27. The summed E-state index contributed by atoms with van der Waals surface area (Å²) in [6.07, 6.45) is 5.53. The fourth-order valence-corrected chi connectivity index (χ4v) is 0.726. The van der Waals surface area contributed by atoms with Gasteiger partial charge in [-0.2, -0.15) is 0 Å². The van der Waals surface area contributed by atoms with Crippen LogP contribution < -0.4 is 0 Å². The standard InChI is InChI=1S/C11H18F2O2/c1-4-5-6-14-7-8-15-9-11(12,13)10(2)3/h1,10H,5-9H2,2-3H3. The fourth-order valence-electron chi connectivity index (χ4n) is 0.726. The van der Waals surface area contributed by atoms with Crippen LogP contribution in [0.2, 0.25) is 0 Å². The minimum atomic E-state index is -2.77. The van der Waals surface area contributed by atoms with Crippen molar-refractivity contribution in [2.75, 3.05) is 26.4 Å². The molecular formula is C11H18F2O2. The Morgan fingerprint density at radius 2 is 1.80 bits per heavy atom. The minimum Gasteiger partial charge on any atom is -0.378 e. The van der Waals surface area contributed by atoms with E-state index < -0.39 is 18.4 Å². The lowest BCUT2D eigenvalue weighted by molar-refractivity contribution is -0.113. The van der Waals surface area contributed by atoms with Gasteiger partial charge in [0.25, 0.3) is 5.92 Å². The highest BCUT2D eigenvalue weighted by atomic mass is 19.3. The molecule has 0 aliphatic heterocycles. The van der Waals surface area contributed by atoms with Gasteiger partial charge in [0.15, 0.2) is 0 Å². The summed E-state index contributed by atoms with van der Waals surface area (Å²) in [5, 5.41) is 0. The van der Waals surface area contributed by atoms with Gasteiger partial charge in [-0.3, -0.25) is 0 Å². The molecule has 2 nitrogen and oxygen atoms in total. The maximum atomic E-state index is 13.0. The predicted molar refractivity (Wildman–Crippen MR) is 54.9 cm³/mol. The zero-order valence-electron chi connectivity index (χ0n) is 9.26. The third kappa shape index (κ3) is 7.29. The molecule has 0 radical (unpaired) electrons. The van der Waals surface area contributed by atoms with Crippen molar-refractivity contribution in [3.63, 3.8) is 0 Å². The molecule has 0 spiro atoms. The molecule has 15 heavy (non-hydrogen) atoms. The second-order valence-electron chi connectivity index (χ2n) is 3.53. The molecule has 0 amide bonds. The summed E-state index contributed by atoms with van der Waals surface area (Å²) in [5.74, 6) is -1.06. The molecule has 0 N–H and O–H groups in total. The monoisotopic (exact) mass is 220 g/mol. The minimum absolute atomic E-state index is 0.173. The van der Waals surface area contributed by atoms with Gasteiger partial charge in [0.05, 0.1) is 19.8 Å². The first kappa shape index (κ1) is 14.3. The second kappa shape index (κ2) is 7.61. The summed E-state index contributed by atoms with van der Waals surface area (Å²) in [6.45, 7) is 3.30. The van der Waals surface area contributed by atoms with Crippen LogP contribution in [0, 0.1) is 18.3 Å². The van der Waals surface area contributed by atoms with E-state index >= 15 is 0 Å². The molecule has 4 heteroatoms. The second-order valence-corrected chi connectivity index (χ2v) is 3.53. The fraction of sp³-hybridized carbons (Fsp3) is 0.818. The number of hydrogen-bond donors (Lipinski definition) is 0. The summed E-state index contributed by atoms with van der Waals surface area (Å²) in [4.78, 5) is 0. The number of halogens is 2. The van der Waals surface area contributed by atoms with Gasteiger partial charge < -0.3 is 9.47 Å². The van der Waals surface area contributed by atoms with Crippen LogP contribution in [-0.2, 0) is 9.47 Å². The molecule has 0 fully saturated rings. The van der Waals surface area contributed by atoms with Crippen LogP contribution in [0.15, 0.2) is 0 Å². The van der Waals surface area contributed by atoms with Crippen molar-refractivity contribution in [2.45, 2.75) is 26.2 Å². The molecule has 0 saturated heterocycles. The molecule has 0 aromatic rings. The number of hydrogen-bond acceptors (Lipinski definition) is 2. The normalized spacial score (nSPS) is 11.7. The van der Waals surface area contributed by atoms with Gasteiger partial charge in [-0.15, -0.1) is 12.3 Å². The molecule has 0 aromatic carbocycles. The average molecular weight is 220 g/mol. The summed E-state index contributed by atoms with van der Waals surface area (Å²) < 4.78 is 35.8. The highest BCUT2D eigenvalue weighted by Gasteiger charge is 2.33. The zero-order valence-corrected chi connectivity index (χ0v) is 9.26. The van der Waals surface area contributed by atoms with Crippen molar-refractivity contribution < 1.29 is 18.3 Å². The van der Waals surface area contributed by atoms with E-state index in [0.29, 0.717) is 19.6 Å². The SMILES string of the molecule is C#CCCOCCOCC(F)(F)C(C)C. The molecule has 0 heterocycles. The molecule has 0 aliphatic rings. The maximum absolute atomic E-state index is 13.0. The highest BCUT2D eigenvalue weighted by molar-refractivity contribution is 4.82. The van der Waals surface area contributed by atoms with Crippen LogP contribution >= 0.6 is 0 Å². The first-order chi connectivity index (χ1) is 7.00. The molecular weight excluding hydrogens is 202 g/mol. The van der Waals surface area contributed by atoms with Crippen LogP contribution in [0.3, 0.4) is 0 Å². The Morgan fingerprint density at radius 1 is 1.20 bits per heavy atom. The number of ether oxygens (including phenoxy) is 2. The van der Waals surface area contributed by atoms with Crippen molar-refractivity contribution >= 4 is 0 Å². The van der Waals surface area contributed by atoms with Gasteiger partial charge in [-0.1, -0.05) is 13.8 Å². The van der Waals surface area contributed by atoms with Crippen molar-refractivity contribution in [1.82, 2.24) is 0 Å². The highest BCUT2D eigenvalue weighted by Crippen LogP contribution is 2.23. The van der Waals surface area contributed by atoms with E-state index in [9.17, 15) is 8.78 Å². The smallest absolute Gasteiger partial charge is 0.273 e. The third-order valence-corrected chi connectivity index (χ3v) is 1.90. The molecule has 0 aromatic heterocycles. The summed E-state index contributed by atoms with van der Waals surface area (Å²) in [6, 6.07) is 0. The van der Waals surface area contributed by atoms with Crippen molar-refractivity contribution in [2.24, 2.45) is 5.92 Å². The lowest BCUT2D eigenvalue weighted by Gasteiger charge is -2.19. The molecule has 0 bridgehead atoms. The predicted octanol–water partition coefficient (Wildman–Crippen LogP) is 2.33. The van der Waals surface area contributed by atoms with Crippen LogP contribution in [-0.4, -0.2) is 32.4 Å². The van der Waals surface area contributed by atoms with Crippen LogP contribution in [0.25, 0.3) is 0 Å². The van der Waals surface area contributed by atoms with E-state index in [2.05, 4.69) is 5.92 Å². The Labute approximate surface area is 89.9 Å². The van der Waals surface area contributed by atoms with Crippen LogP contribution in [0.5, 0.6) is 0 Å². The third-order valence-electron chi connectivity index (χ3n) is 1.90. The van der Waals surface area contributed by atoms with E-state index in [1.165, 1.54) is 13.8 Å². The zero-order chi connectivity index (χ0) is 11.7. The van der Waals surface area contributed by atoms with E-state index in [4.69, 9.17) is 15.9 Å². The number of alkyl halides is 2. The number of terminal acetylenes is 1. The molecule has 0 saturated carbocycles. The first-order valence-corrected chi connectivity index (χ1v) is 4.97. The van der Waals surface area contributed by atoms with Crippen LogP contribution in [0.4, 0.5) is 8.78 Å². The average Bonchev–Trinajstić information content (AvgIpc) is 2.16. The van der Waals surface area contributed by atoms with Gasteiger partial charge in [0.1, 0.15) is 6.61 Å². The Bertz CT molecular complexity index is 197. The van der Waals surface area contributed by atoms with Gasteiger partial charge in [0, 0.05) is 12.3 Å². The van der Waals surface area contributed by atoms with E-state index in [-0.39, 0.29) is 6.61 Å². The Morgan fingerprint density at radius 3 is 2.33 bits per heavy atom. The lowest BCUT2D eigenvalue weighted by Crippen LogP contribution is -2.30. The van der Waals surface area contributed by atoms with Crippen molar-refractivity contribution in [3.05, 3.63) is 0 Å². The maximum Gasteiger partial charge on any atom is 0.273 e. The first-order valence-electron chi connectivity index (χ1n) is 4.97.